The first-order valence-electron chi connectivity index (χ1n) is 8.84. The Hall–Kier alpha value is -2.54. The van der Waals surface area contributed by atoms with Gasteiger partial charge in [-0.15, -0.1) is 5.06 Å². The zero-order valence-electron chi connectivity index (χ0n) is 14.7. The first-order valence-corrected chi connectivity index (χ1v) is 9.21. The Bertz CT molecular complexity index is 831. The SMILES string of the molecule is O=C(Nc1ccc(Cl)cc1)ON1CCC2(C=C(c3ccccc3)NO2)CC1. The van der Waals surface area contributed by atoms with Crippen molar-refractivity contribution in [1.29, 1.82) is 0 Å². The summed E-state index contributed by atoms with van der Waals surface area (Å²) in [5, 5.41) is 4.96. The molecule has 0 atom stereocenters. The van der Waals surface area contributed by atoms with Gasteiger partial charge in [0.1, 0.15) is 5.60 Å². The molecule has 1 saturated heterocycles. The minimum atomic E-state index is -0.515. The topological polar surface area (TPSA) is 62.8 Å². The Labute approximate surface area is 162 Å². The first kappa shape index (κ1) is 17.9. The number of hydrogen-bond donors (Lipinski definition) is 2. The number of nitrogens with zero attached hydrogens (tertiary/aromatic N) is 1. The highest BCUT2D eigenvalue weighted by atomic mass is 35.5. The number of halogens is 1. The van der Waals surface area contributed by atoms with Crippen molar-refractivity contribution >= 4 is 29.1 Å². The number of hydrogen-bond acceptors (Lipinski definition) is 5. The van der Waals surface area contributed by atoms with Gasteiger partial charge in [-0.3, -0.25) is 15.6 Å². The number of rotatable bonds is 3. The molecule has 2 N–H and O–H groups in total. The number of amides is 1. The Morgan fingerprint density at radius 2 is 1.81 bits per heavy atom. The molecule has 1 fully saturated rings. The van der Waals surface area contributed by atoms with E-state index >= 15 is 0 Å². The third-order valence-corrected chi connectivity index (χ3v) is 4.98. The molecule has 0 aromatic heterocycles. The van der Waals surface area contributed by atoms with Gasteiger partial charge in [0.25, 0.3) is 0 Å². The third kappa shape index (κ3) is 4.24. The van der Waals surface area contributed by atoms with Crippen LogP contribution in [0.3, 0.4) is 0 Å². The van der Waals surface area contributed by atoms with Crippen LogP contribution < -0.4 is 10.8 Å². The normalized spacial score (nSPS) is 18.6. The minimum absolute atomic E-state index is 0.363. The van der Waals surface area contributed by atoms with Crippen LogP contribution in [0.15, 0.2) is 60.7 Å². The van der Waals surface area contributed by atoms with Crippen LogP contribution in [0.2, 0.25) is 5.02 Å². The fraction of sp³-hybridized carbons (Fsp3) is 0.250. The molecule has 1 amide bonds. The molecule has 2 heterocycles. The smallest absolute Gasteiger partial charge is 0.351 e. The Balaban J connectivity index is 1.31. The van der Waals surface area contributed by atoms with Gasteiger partial charge in [-0.2, -0.15) is 0 Å². The molecule has 6 nitrogen and oxygen atoms in total. The van der Waals surface area contributed by atoms with Gasteiger partial charge in [-0.05, 0) is 48.7 Å². The molecule has 27 heavy (non-hydrogen) atoms. The highest BCUT2D eigenvalue weighted by Gasteiger charge is 2.39. The summed E-state index contributed by atoms with van der Waals surface area (Å²) in [6, 6.07) is 16.9. The lowest BCUT2D eigenvalue weighted by Gasteiger charge is -2.35. The van der Waals surface area contributed by atoms with E-state index in [1.807, 2.05) is 30.3 Å². The summed E-state index contributed by atoms with van der Waals surface area (Å²) in [6.07, 6.45) is 3.07. The highest BCUT2D eigenvalue weighted by molar-refractivity contribution is 6.30. The summed E-state index contributed by atoms with van der Waals surface area (Å²) < 4.78 is 0. The standard InChI is InChI=1S/C20H20ClN3O3/c21-16-6-8-17(9-7-16)22-19(25)26-24-12-10-20(11-13-24)14-18(23-27-20)15-4-2-1-3-5-15/h1-9,14,23H,10-13H2,(H,22,25). The fourth-order valence-electron chi connectivity index (χ4n) is 3.23. The van der Waals surface area contributed by atoms with E-state index in [0.29, 0.717) is 23.8 Å². The number of nitrogens with one attached hydrogen (secondary N) is 2. The Kier molecular flexibility index (Phi) is 5.03. The second-order valence-corrected chi connectivity index (χ2v) is 7.07. The Morgan fingerprint density at radius 3 is 2.52 bits per heavy atom. The van der Waals surface area contributed by atoms with E-state index < -0.39 is 6.09 Å². The molecule has 2 aliphatic heterocycles. The third-order valence-electron chi connectivity index (χ3n) is 4.73. The maximum atomic E-state index is 12.1. The maximum absolute atomic E-state index is 12.1. The number of piperidine rings is 1. The summed E-state index contributed by atoms with van der Waals surface area (Å²) in [6.45, 7) is 1.18. The predicted octanol–water partition coefficient (Wildman–Crippen LogP) is 4.21. The molecule has 2 aromatic carbocycles. The van der Waals surface area contributed by atoms with Crippen molar-refractivity contribution in [3.63, 3.8) is 0 Å². The second-order valence-electron chi connectivity index (χ2n) is 6.63. The van der Waals surface area contributed by atoms with Crippen LogP contribution in [-0.2, 0) is 9.68 Å². The van der Waals surface area contributed by atoms with Gasteiger partial charge in [0, 0.05) is 23.8 Å². The largest absolute Gasteiger partial charge is 0.430 e. The van der Waals surface area contributed by atoms with Gasteiger partial charge in [0.2, 0.25) is 0 Å². The molecule has 1 spiro atoms. The van der Waals surface area contributed by atoms with E-state index in [-0.39, 0.29) is 5.60 Å². The van der Waals surface area contributed by atoms with Crippen LogP contribution in [0.4, 0.5) is 10.5 Å². The van der Waals surface area contributed by atoms with Crippen molar-refractivity contribution in [1.82, 2.24) is 10.5 Å². The lowest BCUT2D eigenvalue weighted by molar-refractivity contribution is -0.153. The van der Waals surface area contributed by atoms with E-state index in [0.717, 1.165) is 24.1 Å². The molecule has 0 bridgehead atoms. The monoisotopic (exact) mass is 385 g/mol. The number of carbonyl (C=O) groups excluding carboxylic acids is 1. The van der Waals surface area contributed by atoms with Crippen LogP contribution >= 0.6 is 11.6 Å². The Morgan fingerprint density at radius 1 is 1.11 bits per heavy atom. The number of hydroxylamine groups is 3. The van der Waals surface area contributed by atoms with Crippen molar-refractivity contribution in [3.05, 3.63) is 71.3 Å². The van der Waals surface area contributed by atoms with Crippen LogP contribution in [0, 0.1) is 0 Å². The van der Waals surface area contributed by atoms with Crippen LogP contribution in [-0.4, -0.2) is 29.8 Å². The molecule has 2 aliphatic rings. The number of benzene rings is 2. The molecule has 4 rings (SSSR count). The molecule has 0 radical (unpaired) electrons. The van der Waals surface area contributed by atoms with Gasteiger partial charge < -0.3 is 4.84 Å². The molecular formula is C20H20ClN3O3. The van der Waals surface area contributed by atoms with Gasteiger partial charge in [0.05, 0.1) is 5.70 Å². The number of carbonyl (C=O) groups is 1. The average molecular weight is 386 g/mol. The molecule has 0 unspecified atom stereocenters. The van der Waals surface area contributed by atoms with E-state index in [4.69, 9.17) is 21.3 Å². The molecule has 140 valence electrons. The predicted molar refractivity (Wildman–Crippen MR) is 104 cm³/mol. The van der Waals surface area contributed by atoms with Crippen LogP contribution in [0.25, 0.3) is 5.70 Å². The summed E-state index contributed by atoms with van der Waals surface area (Å²) in [4.78, 5) is 23.3. The van der Waals surface area contributed by atoms with Crippen molar-refractivity contribution < 1.29 is 14.5 Å². The van der Waals surface area contributed by atoms with E-state index in [1.165, 1.54) is 0 Å². The molecule has 0 aliphatic carbocycles. The highest BCUT2D eigenvalue weighted by Crippen LogP contribution is 2.34. The zero-order chi connectivity index (χ0) is 18.7. The minimum Gasteiger partial charge on any atom is -0.351 e. The fourth-order valence-corrected chi connectivity index (χ4v) is 3.36. The summed E-state index contributed by atoms with van der Waals surface area (Å²) in [5.41, 5.74) is 5.38. The molecule has 0 saturated carbocycles. The summed E-state index contributed by atoms with van der Waals surface area (Å²) >= 11 is 5.84. The number of anilines is 1. The van der Waals surface area contributed by atoms with Gasteiger partial charge in [0.15, 0.2) is 0 Å². The lowest BCUT2D eigenvalue weighted by Crippen LogP contribution is -2.45. The van der Waals surface area contributed by atoms with E-state index in [1.54, 1.807) is 29.3 Å². The van der Waals surface area contributed by atoms with Crippen molar-refractivity contribution in [3.8, 4) is 0 Å². The van der Waals surface area contributed by atoms with Gasteiger partial charge in [-0.1, -0.05) is 41.9 Å². The quantitative estimate of drug-likeness (QED) is 0.828. The van der Waals surface area contributed by atoms with Crippen molar-refractivity contribution in [2.75, 3.05) is 18.4 Å². The molecule has 7 heteroatoms. The van der Waals surface area contributed by atoms with E-state index in [2.05, 4.69) is 16.9 Å². The first-order chi connectivity index (χ1) is 13.1. The van der Waals surface area contributed by atoms with Gasteiger partial charge in [-0.25, -0.2) is 4.79 Å². The van der Waals surface area contributed by atoms with Gasteiger partial charge >= 0.3 is 6.09 Å². The molecular weight excluding hydrogens is 366 g/mol. The van der Waals surface area contributed by atoms with Crippen molar-refractivity contribution in [2.24, 2.45) is 0 Å². The second kappa shape index (κ2) is 7.60. The lowest BCUT2D eigenvalue weighted by atomic mass is 9.91. The zero-order valence-corrected chi connectivity index (χ0v) is 15.4. The average Bonchev–Trinajstić information content (AvgIpc) is 3.10. The van der Waals surface area contributed by atoms with Crippen LogP contribution in [0.5, 0.6) is 0 Å². The van der Waals surface area contributed by atoms with Crippen LogP contribution in [0.1, 0.15) is 18.4 Å². The molecule has 2 aromatic rings. The summed E-state index contributed by atoms with van der Waals surface area (Å²) in [7, 11) is 0. The van der Waals surface area contributed by atoms with Crippen molar-refractivity contribution in [2.45, 2.75) is 18.4 Å². The maximum Gasteiger partial charge on any atom is 0.430 e. The summed E-state index contributed by atoms with van der Waals surface area (Å²) in [5.74, 6) is 0. The van der Waals surface area contributed by atoms with E-state index in [9.17, 15) is 4.79 Å².